The molecule has 0 aromatic carbocycles. The van der Waals surface area contributed by atoms with E-state index in [-0.39, 0.29) is 0 Å². The molecule has 0 atom stereocenters. The van der Waals surface area contributed by atoms with Crippen molar-refractivity contribution in [3.05, 3.63) is 0 Å². The molecule has 108 valence electrons. The Kier molecular flexibility index (Phi) is 3.13. The van der Waals surface area contributed by atoms with E-state index >= 15 is 0 Å². The maximum absolute atomic E-state index is 6.19. The van der Waals surface area contributed by atoms with E-state index < -0.39 is 0 Å². The van der Waals surface area contributed by atoms with Crippen molar-refractivity contribution in [3.63, 3.8) is 0 Å². The van der Waals surface area contributed by atoms with Crippen molar-refractivity contribution >= 4 is 0 Å². The number of hydrogen-bond acceptors (Lipinski definition) is 3. The van der Waals surface area contributed by atoms with Crippen LogP contribution in [0.15, 0.2) is 0 Å². The maximum atomic E-state index is 6.19. The normalized spacial score (nSPS) is 46.9. The van der Waals surface area contributed by atoms with E-state index in [1.165, 1.54) is 38.5 Å². The van der Waals surface area contributed by atoms with Crippen LogP contribution in [0.5, 0.6) is 0 Å². The van der Waals surface area contributed by atoms with Gasteiger partial charge in [0.1, 0.15) is 0 Å². The van der Waals surface area contributed by atoms with Gasteiger partial charge >= 0.3 is 0 Å². The predicted molar refractivity (Wildman–Crippen MR) is 75.3 cm³/mol. The van der Waals surface area contributed by atoms with E-state index in [9.17, 15) is 0 Å². The molecule has 5 fully saturated rings. The molecule has 0 radical (unpaired) electrons. The van der Waals surface area contributed by atoms with Gasteiger partial charge in [-0.25, -0.2) is 0 Å². The van der Waals surface area contributed by atoms with Crippen molar-refractivity contribution in [2.75, 3.05) is 19.7 Å². The Bertz CT molecular complexity index is 300. The Labute approximate surface area is 116 Å². The lowest BCUT2D eigenvalue weighted by Gasteiger charge is -2.56. The van der Waals surface area contributed by atoms with Crippen LogP contribution in [0.25, 0.3) is 0 Å². The Morgan fingerprint density at radius 3 is 2.00 bits per heavy atom. The van der Waals surface area contributed by atoms with Crippen LogP contribution in [0.4, 0.5) is 0 Å². The summed E-state index contributed by atoms with van der Waals surface area (Å²) in [6, 6.07) is 0.402. The smallest absolute Gasteiger partial charge is 0.0741 e. The molecule has 5 aliphatic rings. The lowest BCUT2D eigenvalue weighted by molar-refractivity contribution is -0.216. The van der Waals surface area contributed by atoms with Crippen LogP contribution in [0.3, 0.4) is 0 Å². The second-order valence-electron chi connectivity index (χ2n) is 7.96. The molecule has 19 heavy (non-hydrogen) atoms. The zero-order valence-corrected chi connectivity index (χ0v) is 12.0. The van der Waals surface area contributed by atoms with E-state index in [1.807, 2.05) is 0 Å². The van der Waals surface area contributed by atoms with Gasteiger partial charge in [0.15, 0.2) is 0 Å². The molecule has 3 heteroatoms. The third kappa shape index (κ3) is 2.45. The molecule has 0 amide bonds. The maximum Gasteiger partial charge on any atom is 0.0741 e. The van der Waals surface area contributed by atoms with Gasteiger partial charge in [0, 0.05) is 19.1 Å². The summed E-state index contributed by atoms with van der Waals surface area (Å²) in [6.07, 6.45) is 11.1. The van der Waals surface area contributed by atoms with Crippen molar-refractivity contribution in [3.8, 4) is 0 Å². The summed E-state index contributed by atoms with van der Waals surface area (Å²) in [5, 5.41) is 2.20. The molecule has 0 unspecified atom stereocenters. The first kappa shape index (κ1) is 12.6. The zero-order valence-electron chi connectivity index (χ0n) is 12.0. The van der Waals surface area contributed by atoms with Gasteiger partial charge in [0.25, 0.3) is 0 Å². The number of hydroxylamine groups is 2. The Hall–Kier alpha value is -0.120. The van der Waals surface area contributed by atoms with Crippen LogP contribution in [-0.4, -0.2) is 30.8 Å². The molecule has 0 spiro atoms. The van der Waals surface area contributed by atoms with Crippen molar-refractivity contribution in [2.24, 2.45) is 28.9 Å². The summed E-state index contributed by atoms with van der Waals surface area (Å²) in [6.45, 7) is 3.06. The van der Waals surface area contributed by atoms with Gasteiger partial charge < -0.3 is 5.73 Å². The topological polar surface area (TPSA) is 38.5 Å². The van der Waals surface area contributed by atoms with Gasteiger partial charge in [-0.3, -0.25) is 4.84 Å². The number of piperidine rings is 1. The van der Waals surface area contributed by atoms with E-state index in [1.54, 1.807) is 0 Å². The molecule has 0 aromatic heterocycles. The predicted octanol–water partition coefficient (Wildman–Crippen LogP) is 2.56. The minimum atomic E-state index is 0.402. The number of hydrogen-bond donors (Lipinski definition) is 1. The third-order valence-corrected chi connectivity index (χ3v) is 6.22. The average molecular weight is 264 g/mol. The lowest BCUT2D eigenvalue weighted by atomic mass is 9.50. The Balaban J connectivity index is 1.35. The van der Waals surface area contributed by atoms with Gasteiger partial charge in [-0.05, 0) is 74.5 Å². The lowest BCUT2D eigenvalue weighted by Crippen LogP contribution is -2.50. The summed E-state index contributed by atoms with van der Waals surface area (Å²) in [5.74, 6) is 3.10. The molecule has 0 aromatic rings. The van der Waals surface area contributed by atoms with Gasteiger partial charge in [-0.1, -0.05) is 0 Å². The first-order chi connectivity index (χ1) is 9.21. The molecule has 3 nitrogen and oxygen atoms in total. The molecule has 1 saturated heterocycles. The first-order valence-electron chi connectivity index (χ1n) is 8.34. The van der Waals surface area contributed by atoms with Crippen molar-refractivity contribution in [2.45, 2.75) is 57.4 Å². The first-order valence-corrected chi connectivity index (χ1v) is 8.34. The molecule has 4 bridgehead atoms. The van der Waals surface area contributed by atoms with Crippen LogP contribution in [0.1, 0.15) is 51.4 Å². The standard InChI is InChI=1S/C16H28N2O/c17-15-1-3-18(4-2-15)19-11-16-8-12-5-13(9-16)7-14(6-12)10-16/h12-15H,1-11,17H2. The SMILES string of the molecule is NC1CCN(OCC23CC4CC(CC(C4)C2)C3)CC1. The van der Waals surface area contributed by atoms with Crippen LogP contribution >= 0.6 is 0 Å². The minimum Gasteiger partial charge on any atom is -0.328 e. The fourth-order valence-electron chi connectivity index (χ4n) is 5.70. The molecule has 5 rings (SSSR count). The summed E-state index contributed by atoms with van der Waals surface area (Å²) in [4.78, 5) is 6.19. The number of rotatable bonds is 3. The zero-order chi connectivity index (χ0) is 12.9. The molecule has 4 aliphatic carbocycles. The molecule has 2 N–H and O–H groups in total. The summed E-state index contributed by atoms with van der Waals surface area (Å²) in [7, 11) is 0. The van der Waals surface area contributed by atoms with E-state index in [4.69, 9.17) is 10.6 Å². The van der Waals surface area contributed by atoms with Gasteiger partial charge in [0.05, 0.1) is 6.61 Å². The second-order valence-corrected chi connectivity index (χ2v) is 7.96. The highest BCUT2D eigenvalue weighted by Crippen LogP contribution is 2.60. The quantitative estimate of drug-likeness (QED) is 0.851. The van der Waals surface area contributed by atoms with Crippen LogP contribution in [0, 0.1) is 23.2 Å². The van der Waals surface area contributed by atoms with Gasteiger partial charge in [0.2, 0.25) is 0 Å². The fraction of sp³-hybridized carbons (Fsp3) is 1.00. The van der Waals surface area contributed by atoms with Gasteiger partial charge in [-0.15, -0.1) is 0 Å². The Morgan fingerprint density at radius 1 is 0.947 bits per heavy atom. The van der Waals surface area contributed by atoms with Crippen LogP contribution in [0.2, 0.25) is 0 Å². The van der Waals surface area contributed by atoms with Crippen molar-refractivity contribution in [1.82, 2.24) is 5.06 Å². The highest BCUT2D eigenvalue weighted by atomic mass is 16.7. The molecule has 4 saturated carbocycles. The van der Waals surface area contributed by atoms with E-state index in [0.717, 1.165) is 50.3 Å². The number of nitrogens with zero attached hydrogens (tertiary/aromatic N) is 1. The Morgan fingerprint density at radius 2 is 1.47 bits per heavy atom. The van der Waals surface area contributed by atoms with Gasteiger partial charge in [-0.2, -0.15) is 5.06 Å². The van der Waals surface area contributed by atoms with E-state index in [0.29, 0.717) is 11.5 Å². The highest BCUT2D eigenvalue weighted by Gasteiger charge is 2.51. The molecule has 1 heterocycles. The minimum absolute atomic E-state index is 0.402. The van der Waals surface area contributed by atoms with E-state index in [2.05, 4.69) is 5.06 Å². The molecule has 1 aliphatic heterocycles. The second kappa shape index (κ2) is 4.71. The molecular formula is C16H28N2O. The summed E-state index contributed by atoms with van der Waals surface area (Å²) < 4.78 is 0. The van der Waals surface area contributed by atoms with Crippen molar-refractivity contribution < 1.29 is 4.84 Å². The fourth-order valence-corrected chi connectivity index (χ4v) is 5.70. The number of nitrogens with two attached hydrogens (primary N) is 1. The summed E-state index contributed by atoms with van der Waals surface area (Å²) in [5.41, 5.74) is 6.51. The van der Waals surface area contributed by atoms with Crippen LogP contribution in [-0.2, 0) is 4.84 Å². The average Bonchev–Trinajstić information content (AvgIpc) is 2.36. The summed E-state index contributed by atoms with van der Waals surface area (Å²) >= 11 is 0. The van der Waals surface area contributed by atoms with Crippen LogP contribution < -0.4 is 5.73 Å². The highest BCUT2D eigenvalue weighted by molar-refractivity contribution is 5.01. The largest absolute Gasteiger partial charge is 0.328 e. The molecular weight excluding hydrogens is 236 g/mol. The van der Waals surface area contributed by atoms with Crippen molar-refractivity contribution in [1.29, 1.82) is 0 Å². The third-order valence-electron chi connectivity index (χ3n) is 6.22. The monoisotopic (exact) mass is 264 g/mol.